The van der Waals surface area contributed by atoms with E-state index in [0.29, 0.717) is 5.56 Å². The molecule has 1 saturated heterocycles. The molecule has 0 atom stereocenters. The minimum Gasteiger partial charge on any atom is -0.378 e. The van der Waals surface area contributed by atoms with Crippen molar-refractivity contribution >= 4 is 17.5 Å². The summed E-state index contributed by atoms with van der Waals surface area (Å²) in [7, 11) is 3.94. The lowest BCUT2D eigenvalue weighted by atomic mass is 9.93. The van der Waals surface area contributed by atoms with E-state index in [1.165, 1.54) is 6.42 Å². The van der Waals surface area contributed by atoms with Crippen molar-refractivity contribution in [2.75, 3.05) is 51.7 Å². The van der Waals surface area contributed by atoms with Crippen LogP contribution in [0.4, 0.5) is 5.69 Å². The molecular weight excluding hydrogens is 340 g/mol. The van der Waals surface area contributed by atoms with Crippen molar-refractivity contribution in [1.29, 1.82) is 0 Å². The molecule has 0 aromatic heterocycles. The molecule has 0 bridgehead atoms. The fourth-order valence-electron chi connectivity index (χ4n) is 4.00. The van der Waals surface area contributed by atoms with Gasteiger partial charge in [0.15, 0.2) is 0 Å². The van der Waals surface area contributed by atoms with Crippen LogP contribution in [0.25, 0.3) is 0 Å². The van der Waals surface area contributed by atoms with Crippen LogP contribution in [-0.4, -0.2) is 74.5 Å². The number of nitrogens with one attached hydrogen (secondary N) is 1. The molecule has 0 spiro atoms. The maximum atomic E-state index is 13.4. The minimum atomic E-state index is -0.0194. The van der Waals surface area contributed by atoms with Crippen LogP contribution >= 0.6 is 0 Å². The van der Waals surface area contributed by atoms with Gasteiger partial charge in [-0.15, -0.1) is 0 Å². The standard InChI is InChI=1S/C21H32N4O2/c1-23(2)19-10-6-7-17(15-19)21(27)25(18-8-4-3-5-9-18)16-20(26)24-13-11-22-12-14-24/h6-7,10,15,18,22H,3-5,8-9,11-14,16H2,1-2H3. The minimum absolute atomic E-state index is 0.0194. The smallest absolute Gasteiger partial charge is 0.254 e. The number of carbonyl (C=O) groups is 2. The predicted molar refractivity (Wildman–Crippen MR) is 108 cm³/mol. The molecule has 2 fully saturated rings. The van der Waals surface area contributed by atoms with E-state index in [0.717, 1.165) is 57.5 Å². The molecule has 1 aliphatic heterocycles. The number of nitrogens with zero attached hydrogens (tertiary/aromatic N) is 3. The van der Waals surface area contributed by atoms with Crippen molar-refractivity contribution in [3.63, 3.8) is 0 Å². The van der Waals surface area contributed by atoms with Gasteiger partial charge in [-0.05, 0) is 31.0 Å². The highest BCUT2D eigenvalue weighted by Crippen LogP contribution is 2.25. The van der Waals surface area contributed by atoms with Gasteiger partial charge >= 0.3 is 0 Å². The molecule has 0 unspecified atom stereocenters. The summed E-state index contributed by atoms with van der Waals surface area (Å²) in [5, 5.41) is 3.27. The maximum Gasteiger partial charge on any atom is 0.254 e. The molecule has 1 N–H and O–H groups in total. The summed E-state index contributed by atoms with van der Waals surface area (Å²) in [6, 6.07) is 7.86. The lowest BCUT2D eigenvalue weighted by Crippen LogP contribution is -2.52. The van der Waals surface area contributed by atoms with Gasteiger partial charge in [0.2, 0.25) is 5.91 Å². The molecule has 3 rings (SSSR count). The van der Waals surface area contributed by atoms with Crippen molar-refractivity contribution in [3.05, 3.63) is 29.8 Å². The molecule has 1 aromatic carbocycles. The normalized spacial score (nSPS) is 18.2. The molecule has 0 radical (unpaired) electrons. The van der Waals surface area contributed by atoms with Crippen LogP contribution in [0, 0.1) is 0 Å². The summed E-state index contributed by atoms with van der Waals surface area (Å²) in [6.07, 6.45) is 5.48. The molecule has 6 nitrogen and oxygen atoms in total. The topological polar surface area (TPSA) is 55.9 Å². The van der Waals surface area contributed by atoms with E-state index in [2.05, 4.69) is 5.32 Å². The average molecular weight is 373 g/mol. The molecule has 1 aliphatic carbocycles. The predicted octanol–water partition coefficient (Wildman–Crippen LogP) is 1.96. The fraction of sp³-hybridized carbons (Fsp3) is 0.619. The van der Waals surface area contributed by atoms with Crippen molar-refractivity contribution in [2.24, 2.45) is 0 Å². The summed E-state index contributed by atoms with van der Waals surface area (Å²) in [4.78, 5) is 31.9. The monoisotopic (exact) mass is 372 g/mol. The van der Waals surface area contributed by atoms with E-state index in [-0.39, 0.29) is 24.4 Å². The van der Waals surface area contributed by atoms with Gasteiger partial charge in [0.1, 0.15) is 6.54 Å². The second kappa shape index (κ2) is 9.22. The zero-order chi connectivity index (χ0) is 19.2. The highest BCUT2D eigenvalue weighted by molar-refractivity contribution is 5.97. The Bertz CT molecular complexity index is 649. The van der Waals surface area contributed by atoms with Crippen molar-refractivity contribution < 1.29 is 9.59 Å². The van der Waals surface area contributed by atoms with Gasteiger partial charge in [-0.3, -0.25) is 9.59 Å². The Balaban J connectivity index is 1.79. The van der Waals surface area contributed by atoms with Crippen LogP contribution in [0.5, 0.6) is 0 Å². The molecule has 6 heteroatoms. The molecule has 1 saturated carbocycles. The summed E-state index contributed by atoms with van der Waals surface area (Å²) in [5.74, 6) is 0.0493. The van der Waals surface area contributed by atoms with Crippen LogP contribution < -0.4 is 10.2 Å². The summed E-state index contributed by atoms with van der Waals surface area (Å²) < 4.78 is 0. The van der Waals surface area contributed by atoms with E-state index >= 15 is 0 Å². The van der Waals surface area contributed by atoms with Gasteiger partial charge in [-0.1, -0.05) is 25.3 Å². The Kier molecular flexibility index (Phi) is 6.72. The van der Waals surface area contributed by atoms with Crippen LogP contribution in [0.15, 0.2) is 24.3 Å². The fourth-order valence-corrected chi connectivity index (χ4v) is 4.00. The molecule has 1 heterocycles. The number of carbonyl (C=O) groups excluding carboxylic acids is 2. The van der Waals surface area contributed by atoms with E-state index in [1.54, 1.807) is 0 Å². The van der Waals surface area contributed by atoms with Crippen LogP contribution in [0.3, 0.4) is 0 Å². The van der Waals surface area contributed by atoms with Crippen LogP contribution in [0.1, 0.15) is 42.5 Å². The first-order valence-electron chi connectivity index (χ1n) is 10.1. The average Bonchev–Trinajstić information content (AvgIpc) is 2.72. The van der Waals surface area contributed by atoms with Gasteiger partial charge in [0.05, 0.1) is 0 Å². The van der Waals surface area contributed by atoms with Crippen molar-refractivity contribution in [3.8, 4) is 0 Å². The summed E-state index contributed by atoms with van der Waals surface area (Å²) >= 11 is 0. The third kappa shape index (κ3) is 5.01. The van der Waals surface area contributed by atoms with Crippen molar-refractivity contribution in [1.82, 2.24) is 15.1 Å². The first-order valence-corrected chi connectivity index (χ1v) is 10.1. The molecule has 1 aromatic rings. The third-order valence-electron chi connectivity index (χ3n) is 5.66. The molecule has 2 amide bonds. The zero-order valence-corrected chi connectivity index (χ0v) is 16.6. The highest BCUT2D eigenvalue weighted by atomic mass is 16.2. The van der Waals surface area contributed by atoms with Gasteiger partial charge in [0.25, 0.3) is 5.91 Å². The Hall–Kier alpha value is -2.08. The summed E-state index contributed by atoms with van der Waals surface area (Å²) in [6.45, 7) is 3.29. The number of anilines is 1. The number of hydrogen-bond acceptors (Lipinski definition) is 4. The Morgan fingerprint density at radius 3 is 2.48 bits per heavy atom. The molecule has 2 aliphatic rings. The lowest BCUT2D eigenvalue weighted by molar-refractivity contribution is -0.133. The number of amides is 2. The second-order valence-corrected chi connectivity index (χ2v) is 7.80. The van der Waals surface area contributed by atoms with Gasteiger partial charge in [0, 0.05) is 57.6 Å². The van der Waals surface area contributed by atoms with E-state index < -0.39 is 0 Å². The number of rotatable bonds is 5. The van der Waals surface area contributed by atoms with Gasteiger partial charge in [-0.2, -0.15) is 0 Å². The van der Waals surface area contributed by atoms with E-state index in [9.17, 15) is 9.59 Å². The van der Waals surface area contributed by atoms with E-state index in [4.69, 9.17) is 0 Å². The third-order valence-corrected chi connectivity index (χ3v) is 5.66. The largest absolute Gasteiger partial charge is 0.378 e. The Morgan fingerprint density at radius 2 is 1.81 bits per heavy atom. The Labute approximate surface area is 162 Å². The first-order chi connectivity index (χ1) is 13.1. The van der Waals surface area contributed by atoms with Crippen molar-refractivity contribution in [2.45, 2.75) is 38.1 Å². The Morgan fingerprint density at radius 1 is 1.11 bits per heavy atom. The maximum absolute atomic E-state index is 13.4. The number of hydrogen-bond donors (Lipinski definition) is 1. The summed E-state index contributed by atoms with van der Waals surface area (Å²) in [5.41, 5.74) is 1.66. The zero-order valence-electron chi connectivity index (χ0n) is 16.6. The second-order valence-electron chi connectivity index (χ2n) is 7.80. The molecule has 27 heavy (non-hydrogen) atoms. The SMILES string of the molecule is CN(C)c1cccc(C(=O)N(CC(=O)N2CCNCC2)C2CCCCC2)c1. The molecule has 148 valence electrons. The van der Waals surface area contributed by atoms with Crippen LogP contribution in [-0.2, 0) is 4.79 Å². The quantitative estimate of drug-likeness (QED) is 0.859. The first kappa shape index (κ1) is 19.7. The number of benzene rings is 1. The lowest BCUT2D eigenvalue weighted by Gasteiger charge is -2.36. The van der Waals surface area contributed by atoms with Crippen LogP contribution in [0.2, 0.25) is 0 Å². The number of piperazine rings is 1. The van der Waals surface area contributed by atoms with Gasteiger partial charge in [-0.25, -0.2) is 0 Å². The molecular formula is C21H32N4O2. The highest BCUT2D eigenvalue weighted by Gasteiger charge is 2.30. The van der Waals surface area contributed by atoms with E-state index in [1.807, 2.05) is 53.1 Å². The van der Waals surface area contributed by atoms with Gasteiger partial charge < -0.3 is 20.0 Å².